The molecule has 3 atom stereocenters. The summed E-state index contributed by atoms with van der Waals surface area (Å²) in [5.41, 5.74) is 0.277. The molecule has 0 aliphatic carbocycles. The van der Waals surface area contributed by atoms with E-state index in [1.807, 2.05) is 6.92 Å². The minimum absolute atomic E-state index is 0.112. The fraction of sp³-hybridized carbons (Fsp3) is 0.333. The van der Waals surface area contributed by atoms with Gasteiger partial charge in [0, 0.05) is 43.8 Å². The van der Waals surface area contributed by atoms with Crippen molar-refractivity contribution in [1.82, 2.24) is 19.1 Å². The molecule has 0 saturated carbocycles. The first-order valence-corrected chi connectivity index (χ1v) is 17.2. The van der Waals surface area contributed by atoms with Crippen molar-refractivity contribution < 1.29 is 31.2 Å². The molecule has 4 aromatic rings. The van der Waals surface area contributed by atoms with E-state index in [-0.39, 0.29) is 40.1 Å². The molecular weight excluding hydrogens is 620 g/mol. The Bertz CT molecular complexity index is 1950. The zero-order valence-electron chi connectivity index (χ0n) is 25.2. The van der Waals surface area contributed by atoms with Gasteiger partial charge >= 0.3 is 5.97 Å². The monoisotopic (exact) mass is 654 g/mol. The molecule has 15 heteroatoms. The molecule has 1 fully saturated rings. The highest BCUT2D eigenvalue weighted by atomic mass is 32.2. The van der Waals surface area contributed by atoms with Crippen LogP contribution in [0.3, 0.4) is 0 Å². The molecule has 45 heavy (non-hydrogen) atoms. The number of rotatable bonds is 11. The largest absolute Gasteiger partial charge is 0.453 e. The zero-order chi connectivity index (χ0) is 32.6. The van der Waals surface area contributed by atoms with Gasteiger partial charge in [0.1, 0.15) is 11.5 Å². The SMILES string of the molecule is CCC(c1cccc(NS(=O)(=O)c2cn(C)cn2)c1)C1C(=O)CC(CC)(c2cccc(NS(=O)(=O)c3cn(C)cn3)c2)OC1=O. The molecule has 1 aliphatic heterocycles. The molecule has 0 radical (unpaired) electrons. The summed E-state index contributed by atoms with van der Waals surface area (Å²) in [7, 11) is -4.61. The maximum absolute atomic E-state index is 13.8. The first kappa shape index (κ1) is 31.9. The molecule has 2 aromatic heterocycles. The summed E-state index contributed by atoms with van der Waals surface area (Å²) < 4.78 is 65.5. The highest BCUT2D eigenvalue weighted by Gasteiger charge is 2.49. The number of esters is 1. The summed E-state index contributed by atoms with van der Waals surface area (Å²) in [5.74, 6) is -2.70. The van der Waals surface area contributed by atoms with E-state index in [1.54, 1.807) is 69.6 Å². The van der Waals surface area contributed by atoms with Crippen LogP contribution in [0.5, 0.6) is 0 Å². The number of hydrogen-bond acceptors (Lipinski definition) is 9. The molecule has 5 rings (SSSR count). The predicted octanol–water partition coefficient (Wildman–Crippen LogP) is 3.69. The number of Topliss-reactive ketones (excluding diaryl/α,β-unsaturated/α-hetero) is 1. The second-order valence-corrected chi connectivity index (χ2v) is 14.3. The number of aryl methyl sites for hydroxylation is 2. The number of carbonyl (C=O) groups is 2. The second kappa shape index (κ2) is 12.1. The van der Waals surface area contributed by atoms with Crippen molar-refractivity contribution in [2.24, 2.45) is 20.0 Å². The van der Waals surface area contributed by atoms with Gasteiger partial charge in [-0.05, 0) is 48.2 Å². The van der Waals surface area contributed by atoms with Crippen molar-refractivity contribution in [3.63, 3.8) is 0 Å². The summed E-state index contributed by atoms with van der Waals surface area (Å²) in [4.78, 5) is 35.2. The number of nitrogens with one attached hydrogen (secondary N) is 2. The van der Waals surface area contributed by atoms with E-state index in [1.165, 1.54) is 34.2 Å². The third-order valence-corrected chi connectivity index (χ3v) is 10.4. The van der Waals surface area contributed by atoms with Crippen LogP contribution in [0.15, 0.2) is 83.6 Å². The van der Waals surface area contributed by atoms with Crippen molar-refractivity contribution in [2.45, 2.75) is 54.7 Å². The maximum Gasteiger partial charge on any atom is 0.318 e. The Morgan fingerprint density at radius 3 is 1.93 bits per heavy atom. The average molecular weight is 655 g/mol. The quantitative estimate of drug-likeness (QED) is 0.181. The molecule has 3 heterocycles. The number of benzene rings is 2. The predicted molar refractivity (Wildman–Crippen MR) is 165 cm³/mol. The van der Waals surface area contributed by atoms with E-state index in [2.05, 4.69) is 19.4 Å². The lowest BCUT2D eigenvalue weighted by atomic mass is 9.74. The number of nitrogens with zero attached hydrogens (tertiary/aromatic N) is 4. The molecule has 13 nitrogen and oxygen atoms in total. The van der Waals surface area contributed by atoms with E-state index in [0.717, 1.165) is 0 Å². The number of imidazole rings is 2. The van der Waals surface area contributed by atoms with Crippen molar-refractivity contribution in [3.05, 3.63) is 84.7 Å². The van der Waals surface area contributed by atoms with Gasteiger partial charge in [-0.3, -0.25) is 19.0 Å². The lowest BCUT2D eigenvalue weighted by Gasteiger charge is -2.40. The Morgan fingerprint density at radius 1 is 0.889 bits per heavy atom. The van der Waals surface area contributed by atoms with Gasteiger partial charge in [0.05, 0.1) is 19.1 Å². The molecule has 0 spiro atoms. The Balaban J connectivity index is 1.38. The van der Waals surface area contributed by atoms with Crippen LogP contribution in [-0.4, -0.2) is 47.7 Å². The topological polar surface area (TPSA) is 171 Å². The highest BCUT2D eigenvalue weighted by molar-refractivity contribution is 7.93. The fourth-order valence-electron chi connectivity index (χ4n) is 5.60. The molecular formula is C30H34N6O7S2. The number of ketones is 1. The van der Waals surface area contributed by atoms with Gasteiger partial charge in [-0.25, -0.2) is 9.97 Å². The lowest BCUT2D eigenvalue weighted by molar-refractivity contribution is -0.181. The van der Waals surface area contributed by atoms with E-state index < -0.39 is 43.5 Å². The van der Waals surface area contributed by atoms with Crippen LogP contribution in [0.4, 0.5) is 11.4 Å². The van der Waals surface area contributed by atoms with Crippen molar-refractivity contribution in [1.29, 1.82) is 0 Å². The van der Waals surface area contributed by atoms with E-state index in [9.17, 15) is 26.4 Å². The Morgan fingerprint density at radius 2 is 1.44 bits per heavy atom. The zero-order valence-corrected chi connectivity index (χ0v) is 26.8. The normalized spacial score (nSPS) is 19.6. The van der Waals surface area contributed by atoms with Gasteiger partial charge in [-0.1, -0.05) is 38.1 Å². The van der Waals surface area contributed by atoms with Crippen LogP contribution in [0.1, 0.15) is 50.2 Å². The number of anilines is 2. The van der Waals surface area contributed by atoms with Crippen LogP contribution >= 0.6 is 0 Å². The number of ether oxygens (including phenoxy) is 1. The smallest absolute Gasteiger partial charge is 0.318 e. The van der Waals surface area contributed by atoms with Gasteiger partial charge in [0.15, 0.2) is 15.8 Å². The van der Waals surface area contributed by atoms with Gasteiger partial charge in [0.2, 0.25) is 0 Å². The maximum atomic E-state index is 13.8. The summed E-state index contributed by atoms with van der Waals surface area (Å²) in [5, 5.41) is -0.292. The molecule has 2 N–H and O–H groups in total. The van der Waals surface area contributed by atoms with Gasteiger partial charge in [-0.2, -0.15) is 16.8 Å². The standard InChI is InChI=1S/C30H34N6O7S2/c1-5-24(20-9-7-11-22(13-20)33-44(39,40)26-16-35(3)18-31-26)28-25(37)15-30(6-2,43-29(28)38)21-10-8-12-23(14-21)34-45(41,42)27-17-36(4)19-32-27/h7-14,16-19,24,28,33-34H,5-6,15H2,1-4H3. The summed E-state index contributed by atoms with van der Waals surface area (Å²) in [6, 6.07) is 13.0. The molecule has 238 valence electrons. The minimum atomic E-state index is -3.98. The van der Waals surface area contributed by atoms with Crippen molar-refractivity contribution >= 4 is 43.2 Å². The minimum Gasteiger partial charge on any atom is -0.453 e. The van der Waals surface area contributed by atoms with E-state index >= 15 is 0 Å². The molecule has 2 aromatic carbocycles. The molecule has 0 bridgehead atoms. The number of hydrogen-bond donors (Lipinski definition) is 2. The highest BCUT2D eigenvalue weighted by Crippen LogP contribution is 2.44. The lowest BCUT2D eigenvalue weighted by Crippen LogP contribution is -2.47. The first-order valence-electron chi connectivity index (χ1n) is 14.2. The van der Waals surface area contributed by atoms with Crippen LogP contribution < -0.4 is 9.44 Å². The summed E-state index contributed by atoms with van der Waals surface area (Å²) in [6.45, 7) is 3.63. The number of aromatic nitrogens is 4. The third-order valence-electron chi connectivity index (χ3n) is 7.89. The summed E-state index contributed by atoms with van der Waals surface area (Å²) >= 11 is 0. The molecule has 1 aliphatic rings. The summed E-state index contributed by atoms with van der Waals surface area (Å²) in [6.07, 6.45) is 6.08. The van der Waals surface area contributed by atoms with Crippen LogP contribution in [0, 0.1) is 5.92 Å². The van der Waals surface area contributed by atoms with Gasteiger partial charge < -0.3 is 13.9 Å². The Hall–Kier alpha value is -4.50. The fourth-order valence-corrected chi connectivity index (χ4v) is 7.66. The molecule has 0 amide bonds. The van der Waals surface area contributed by atoms with Crippen molar-refractivity contribution in [2.75, 3.05) is 9.44 Å². The molecule has 1 saturated heterocycles. The first-order chi connectivity index (χ1) is 21.3. The Kier molecular flexibility index (Phi) is 8.60. The number of carbonyl (C=O) groups excluding carboxylic acids is 2. The Labute approximate surface area is 261 Å². The second-order valence-electron chi connectivity index (χ2n) is 11.1. The third kappa shape index (κ3) is 6.49. The van der Waals surface area contributed by atoms with Crippen LogP contribution in [-0.2, 0) is 54.1 Å². The number of sulfonamides is 2. The van der Waals surface area contributed by atoms with Crippen molar-refractivity contribution in [3.8, 4) is 0 Å². The van der Waals surface area contributed by atoms with Gasteiger partial charge in [-0.15, -0.1) is 0 Å². The average Bonchev–Trinajstić information content (AvgIpc) is 3.64. The van der Waals surface area contributed by atoms with Crippen LogP contribution in [0.2, 0.25) is 0 Å². The van der Waals surface area contributed by atoms with Crippen LogP contribution in [0.25, 0.3) is 0 Å². The van der Waals surface area contributed by atoms with E-state index in [0.29, 0.717) is 17.5 Å². The van der Waals surface area contributed by atoms with Gasteiger partial charge in [0.25, 0.3) is 20.0 Å². The van der Waals surface area contributed by atoms with E-state index in [4.69, 9.17) is 4.74 Å². The molecule has 3 unspecified atom stereocenters. The number of cyclic esters (lactones) is 1.